The van der Waals surface area contributed by atoms with Crippen LogP contribution in [0, 0.1) is 11.3 Å². The Morgan fingerprint density at radius 1 is 1.45 bits per heavy atom. The fourth-order valence-corrected chi connectivity index (χ4v) is 2.61. The topological polar surface area (TPSA) is 54.3 Å². The highest BCUT2D eigenvalue weighted by Gasteiger charge is 2.36. The maximum atomic E-state index is 9.49. The molecule has 0 amide bonds. The third-order valence-corrected chi connectivity index (χ3v) is 4.24. The van der Waals surface area contributed by atoms with Crippen molar-refractivity contribution in [2.45, 2.75) is 76.5 Å². The summed E-state index contributed by atoms with van der Waals surface area (Å²) in [5.41, 5.74) is -0.517. The van der Waals surface area contributed by atoms with Crippen molar-refractivity contribution in [3.63, 3.8) is 0 Å². The molecular weight excluding hydrogens is 252 g/mol. The van der Waals surface area contributed by atoms with Crippen LogP contribution in [0.2, 0.25) is 0 Å². The zero-order chi connectivity index (χ0) is 15.1. The molecule has 2 atom stereocenters. The Labute approximate surface area is 123 Å². The van der Waals surface area contributed by atoms with Gasteiger partial charge in [0, 0.05) is 20.1 Å². The van der Waals surface area contributed by atoms with Crippen molar-refractivity contribution in [3.8, 4) is 6.07 Å². The van der Waals surface area contributed by atoms with Crippen molar-refractivity contribution >= 4 is 0 Å². The minimum Gasteiger partial charge on any atom is -0.379 e. The zero-order valence-electron chi connectivity index (χ0n) is 13.5. The normalized spacial score (nSPS) is 27.2. The summed E-state index contributed by atoms with van der Waals surface area (Å²) in [6.07, 6.45) is 5.98. The SMILES string of the molecule is CCCNC1(C#N)CCCC(OCCC(C)(C)OC)C1. The van der Waals surface area contributed by atoms with E-state index in [1.165, 1.54) is 0 Å². The second-order valence-corrected chi connectivity index (χ2v) is 6.42. The van der Waals surface area contributed by atoms with Crippen molar-refractivity contribution in [2.24, 2.45) is 0 Å². The molecule has 20 heavy (non-hydrogen) atoms. The largest absolute Gasteiger partial charge is 0.379 e. The maximum Gasteiger partial charge on any atom is 0.109 e. The third-order valence-electron chi connectivity index (χ3n) is 4.24. The molecule has 1 rings (SSSR count). The van der Waals surface area contributed by atoms with Gasteiger partial charge in [-0.15, -0.1) is 0 Å². The molecule has 0 radical (unpaired) electrons. The van der Waals surface area contributed by atoms with Gasteiger partial charge in [0.05, 0.1) is 17.8 Å². The lowest BCUT2D eigenvalue weighted by molar-refractivity contribution is -0.0405. The van der Waals surface area contributed by atoms with Crippen LogP contribution in [-0.2, 0) is 9.47 Å². The molecule has 4 nitrogen and oxygen atoms in total. The molecule has 0 saturated heterocycles. The van der Waals surface area contributed by atoms with Crippen LogP contribution in [0.1, 0.15) is 59.3 Å². The standard InChI is InChI=1S/C16H30N2O2/c1-5-10-18-16(13-17)8-6-7-14(12-16)20-11-9-15(2,3)19-4/h14,18H,5-12H2,1-4H3. The number of nitrogens with one attached hydrogen (secondary N) is 1. The minimum atomic E-state index is -0.379. The van der Waals surface area contributed by atoms with E-state index in [0.717, 1.165) is 45.1 Å². The summed E-state index contributed by atoms with van der Waals surface area (Å²) in [5, 5.41) is 12.9. The number of methoxy groups -OCH3 is 1. The first-order valence-corrected chi connectivity index (χ1v) is 7.80. The number of nitriles is 1. The molecule has 1 aliphatic rings. The molecule has 0 bridgehead atoms. The van der Waals surface area contributed by atoms with Gasteiger partial charge < -0.3 is 9.47 Å². The van der Waals surface area contributed by atoms with Gasteiger partial charge in [-0.1, -0.05) is 6.92 Å². The average molecular weight is 282 g/mol. The van der Waals surface area contributed by atoms with Gasteiger partial charge in [0.1, 0.15) is 5.54 Å². The van der Waals surface area contributed by atoms with Crippen LogP contribution in [0.5, 0.6) is 0 Å². The summed E-state index contributed by atoms with van der Waals surface area (Å²) >= 11 is 0. The summed E-state index contributed by atoms with van der Waals surface area (Å²) in [7, 11) is 1.73. The lowest BCUT2D eigenvalue weighted by Gasteiger charge is -2.36. The summed E-state index contributed by atoms with van der Waals surface area (Å²) in [5.74, 6) is 0. The molecule has 0 aromatic rings. The molecule has 2 unspecified atom stereocenters. The molecule has 116 valence electrons. The first kappa shape index (κ1) is 17.4. The van der Waals surface area contributed by atoms with E-state index in [1.807, 2.05) is 0 Å². The Kier molecular flexibility index (Phi) is 6.94. The van der Waals surface area contributed by atoms with E-state index in [0.29, 0.717) is 6.61 Å². The second-order valence-electron chi connectivity index (χ2n) is 6.42. The van der Waals surface area contributed by atoms with Gasteiger partial charge in [-0.2, -0.15) is 5.26 Å². The predicted molar refractivity (Wildman–Crippen MR) is 80.6 cm³/mol. The van der Waals surface area contributed by atoms with E-state index in [4.69, 9.17) is 9.47 Å². The van der Waals surface area contributed by atoms with Gasteiger partial charge >= 0.3 is 0 Å². The molecule has 1 saturated carbocycles. The number of nitrogens with zero attached hydrogens (tertiary/aromatic N) is 1. The number of ether oxygens (including phenoxy) is 2. The van der Waals surface area contributed by atoms with Gasteiger partial charge in [-0.05, 0) is 52.5 Å². The Bertz CT molecular complexity index is 325. The van der Waals surface area contributed by atoms with Gasteiger partial charge in [-0.3, -0.25) is 5.32 Å². The molecule has 1 aliphatic carbocycles. The number of rotatable bonds is 8. The number of hydrogen-bond donors (Lipinski definition) is 1. The molecule has 4 heteroatoms. The highest BCUT2D eigenvalue weighted by molar-refractivity contribution is 5.10. The van der Waals surface area contributed by atoms with Gasteiger partial charge in [0.2, 0.25) is 0 Å². The molecular formula is C16H30N2O2. The molecule has 1 fully saturated rings. The predicted octanol–water partition coefficient (Wildman–Crippen LogP) is 3.02. The molecule has 0 aromatic carbocycles. The van der Waals surface area contributed by atoms with Crippen molar-refractivity contribution < 1.29 is 9.47 Å². The van der Waals surface area contributed by atoms with Gasteiger partial charge in [0.25, 0.3) is 0 Å². The number of hydrogen-bond acceptors (Lipinski definition) is 4. The molecule has 0 heterocycles. The highest BCUT2D eigenvalue weighted by atomic mass is 16.5. The Morgan fingerprint density at radius 3 is 2.80 bits per heavy atom. The Hall–Kier alpha value is -0.630. The third kappa shape index (κ3) is 5.40. The van der Waals surface area contributed by atoms with Crippen LogP contribution in [0.3, 0.4) is 0 Å². The zero-order valence-corrected chi connectivity index (χ0v) is 13.5. The smallest absolute Gasteiger partial charge is 0.109 e. The summed E-state index contributed by atoms with van der Waals surface area (Å²) < 4.78 is 11.4. The summed E-state index contributed by atoms with van der Waals surface area (Å²) in [6, 6.07) is 2.48. The second kappa shape index (κ2) is 7.97. The van der Waals surface area contributed by atoms with E-state index in [2.05, 4.69) is 32.2 Å². The van der Waals surface area contributed by atoms with E-state index < -0.39 is 0 Å². The molecule has 0 spiro atoms. The highest BCUT2D eigenvalue weighted by Crippen LogP contribution is 2.30. The van der Waals surface area contributed by atoms with E-state index >= 15 is 0 Å². The van der Waals surface area contributed by atoms with E-state index in [9.17, 15) is 5.26 Å². The first-order chi connectivity index (χ1) is 9.47. The fourth-order valence-electron chi connectivity index (χ4n) is 2.61. The van der Waals surface area contributed by atoms with E-state index in [-0.39, 0.29) is 17.2 Å². The van der Waals surface area contributed by atoms with E-state index in [1.54, 1.807) is 7.11 Å². The first-order valence-electron chi connectivity index (χ1n) is 7.80. The Morgan fingerprint density at radius 2 is 2.20 bits per heavy atom. The van der Waals surface area contributed by atoms with Crippen LogP contribution in [0.15, 0.2) is 0 Å². The van der Waals surface area contributed by atoms with Crippen molar-refractivity contribution in [2.75, 3.05) is 20.3 Å². The molecule has 0 aromatic heterocycles. The maximum absolute atomic E-state index is 9.49. The van der Waals surface area contributed by atoms with Crippen LogP contribution in [-0.4, -0.2) is 37.5 Å². The van der Waals surface area contributed by atoms with Gasteiger partial charge in [0.15, 0.2) is 0 Å². The molecule has 1 N–H and O–H groups in total. The van der Waals surface area contributed by atoms with Crippen LogP contribution in [0.25, 0.3) is 0 Å². The summed E-state index contributed by atoms with van der Waals surface area (Å²) in [4.78, 5) is 0. The average Bonchev–Trinajstić information content (AvgIpc) is 2.45. The van der Waals surface area contributed by atoms with Crippen molar-refractivity contribution in [3.05, 3.63) is 0 Å². The Balaban J connectivity index is 2.42. The lowest BCUT2D eigenvalue weighted by atomic mass is 9.81. The van der Waals surface area contributed by atoms with Crippen molar-refractivity contribution in [1.82, 2.24) is 5.32 Å². The minimum absolute atomic E-state index is 0.137. The summed E-state index contributed by atoms with van der Waals surface area (Å²) in [6.45, 7) is 7.86. The fraction of sp³-hybridized carbons (Fsp3) is 0.938. The van der Waals surface area contributed by atoms with Crippen molar-refractivity contribution in [1.29, 1.82) is 5.26 Å². The quantitative estimate of drug-likeness (QED) is 0.743. The van der Waals surface area contributed by atoms with Crippen LogP contribution < -0.4 is 5.32 Å². The lowest BCUT2D eigenvalue weighted by Crippen LogP contribution is -2.49. The van der Waals surface area contributed by atoms with Crippen LogP contribution in [0.4, 0.5) is 0 Å². The molecule has 0 aliphatic heterocycles. The monoisotopic (exact) mass is 282 g/mol. The van der Waals surface area contributed by atoms with Crippen LogP contribution >= 0.6 is 0 Å². The van der Waals surface area contributed by atoms with Gasteiger partial charge in [-0.25, -0.2) is 0 Å².